The molecule has 0 unspecified atom stereocenters. The van der Waals surface area contributed by atoms with Crippen LogP contribution in [0.1, 0.15) is 44.7 Å². The van der Waals surface area contributed by atoms with E-state index in [2.05, 4.69) is 36.9 Å². The number of piperazine rings is 1. The van der Waals surface area contributed by atoms with E-state index < -0.39 is 5.60 Å². The van der Waals surface area contributed by atoms with Gasteiger partial charge in [-0.15, -0.1) is 0 Å². The molecular weight excluding hydrogens is 366 g/mol. The summed E-state index contributed by atoms with van der Waals surface area (Å²) in [5.41, 5.74) is 3.42. The molecule has 2 heterocycles. The maximum absolute atomic E-state index is 13.0. The molecule has 2 amide bonds. The van der Waals surface area contributed by atoms with Crippen LogP contribution in [-0.2, 0) is 9.53 Å². The van der Waals surface area contributed by atoms with E-state index in [1.165, 1.54) is 16.8 Å². The van der Waals surface area contributed by atoms with E-state index in [9.17, 15) is 9.59 Å². The van der Waals surface area contributed by atoms with Gasteiger partial charge in [-0.05, 0) is 64.7 Å². The number of likely N-dealkylation sites (tertiary alicyclic amines) is 1. The minimum absolute atomic E-state index is 0.0148. The monoisotopic (exact) mass is 401 g/mol. The van der Waals surface area contributed by atoms with Crippen molar-refractivity contribution in [3.8, 4) is 0 Å². The average Bonchev–Trinajstić information content (AvgIpc) is 2.68. The van der Waals surface area contributed by atoms with Crippen molar-refractivity contribution in [2.24, 2.45) is 5.92 Å². The highest BCUT2D eigenvalue weighted by atomic mass is 16.6. The summed E-state index contributed by atoms with van der Waals surface area (Å²) in [7, 11) is 0. The lowest BCUT2D eigenvalue weighted by atomic mass is 9.95. The summed E-state index contributed by atoms with van der Waals surface area (Å²) in [6.07, 6.45) is 1.16. The smallest absolute Gasteiger partial charge is 0.410 e. The van der Waals surface area contributed by atoms with Crippen LogP contribution in [0.25, 0.3) is 0 Å². The van der Waals surface area contributed by atoms with Crippen LogP contribution in [0.5, 0.6) is 0 Å². The molecule has 0 atom stereocenters. The van der Waals surface area contributed by atoms with Gasteiger partial charge in [0.2, 0.25) is 5.91 Å². The van der Waals surface area contributed by atoms with Gasteiger partial charge in [0.05, 0.1) is 0 Å². The molecule has 0 bridgehead atoms. The Morgan fingerprint density at radius 3 is 2.14 bits per heavy atom. The second-order valence-corrected chi connectivity index (χ2v) is 9.27. The quantitative estimate of drug-likeness (QED) is 0.760. The molecule has 2 saturated heterocycles. The van der Waals surface area contributed by atoms with Gasteiger partial charge in [-0.3, -0.25) is 4.79 Å². The van der Waals surface area contributed by atoms with Gasteiger partial charge >= 0.3 is 6.09 Å². The summed E-state index contributed by atoms with van der Waals surface area (Å²) in [5, 5.41) is 0. The largest absolute Gasteiger partial charge is 0.444 e. The fraction of sp³-hybridized carbons (Fsp3) is 0.652. The van der Waals surface area contributed by atoms with E-state index in [4.69, 9.17) is 4.74 Å². The Morgan fingerprint density at radius 2 is 1.55 bits per heavy atom. The Labute approximate surface area is 174 Å². The highest BCUT2D eigenvalue weighted by molar-refractivity contribution is 5.79. The molecular formula is C23H35N3O3. The molecule has 6 heteroatoms. The third-order valence-corrected chi connectivity index (χ3v) is 6.00. The van der Waals surface area contributed by atoms with Crippen LogP contribution in [0.4, 0.5) is 10.5 Å². The zero-order valence-electron chi connectivity index (χ0n) is 18.5. The summed E-state index contributed by atoms with van der Waals surface area (Å²) in [6, 6.07) is 6.42. The third kappa shape index (κ3) is 5.22. The van der Waals surface area contributed by atoms with Crippen molar-refractivity contribution in [1.82, 2.24) is 9.80 Å². The zero-order valence-corrected chi connectivity index (χ0v) is 18.5. The van der Waals surface area contributed by atoms with Crippen molar-refractivity contribution in [3.05, 3.63) is 29.3 Å². The lowest BCUT2D eigenvalue weighted by molar-refractivity contribution is -0.137. The number of hydrogen-bond donors (Lipinski definition) is 0. The van der Waals surface area contributed by atoms with Crippen LogP contribution < -0.4 is 4.90 Å². The van der Waals surface area contributed by atoms with Crippen molar-refractivity contribution in [2.45, 2.75) is 53.1 Å². The Hall–Kier alpha value is -2.24. The van der Waals surface area contributed by atoms with Crippen LogP contribution >= 0.6 is 0 Å². The van der Waals surface area contributed by atoms with Crippen LogP contribution in [0.2, 0.25) is 0 Å². The van der Waals surface area contributed by atoms with Gasteiger partial charge in [0.1, 0.15) is 5.60 Å². The highest BCUT2D eigenvalue weighted by Gasteiger charge is 2.33. The third-order valence-electron chi connectivity index (χ3n) is 6.00. The standard InChI is InChI=1S/C23H35N3O3/c1-17-7-6-8-20(18(17)2)24-13-15-25(16-14-24)21(27)19-9-11-26(12-10-19)22(28)29-23(3,4)5/h6-8,19H,9-16H2,1-5H3. The Kier molecular flexibility index (Phi) is 6.39. The van der Waals surface area contributed by atoms with Crippen LogP contribution in [-0.4, -0.2) is 66.7 Å². The van der Waals surface area contributed by atoms with Crippen LogP contribution in [0.15, 0.2) is 18.2 Å². The van der Waals surface area contributed by atoms with E-state index in [0.717, 1.165) is 39.0 Å². The second-order valence-electron chi connectivity index (χ2n) is 9.27. The van der Waals surface area contributed by atoms with Gasteiger partial charge in [0, 0.05) is 50.9 Å². The van der Waals surface area contributed by atoms with Crippen molar-refractivity contribution >= 4 is 17.7 Å². The first-order valence-electron chi connectivity index (χ1n) is 10.7. The first-order valence-corrected chi connectivity index (χ1v) is 10.7. The van der Waals surface area contributed by atoms with Crippen LogP contribution in [0.3, 0.4) is 0 Å². The molecule has 1 aromatic rings. The fourth-order valence-corrected chi connectivity index (χ4v) is 4.14. The van der Waals surface area contributed by atoms with Gasteiger partial charge in [-0.25, -0.2) is 4.79 Å². The van der Waals surface area contributed by atoms with Gasteiger partial charge < -0.3 is 19.4 Å². The average molecular weight is 402 g/mol. The first kappa shape index (κ1) is 21.5. The molecule has 1 aromatic carbocycles. The Morgan fingerprint density at radius 1 is 0.931 bits per heavy atom. The molecule has 0 aliphatic carbocycles. The highest BCUT2D eigenvalue weighted by Crippen LogP contribution is 2.26. The number of hydrogen-bond acceptors (Lipinski definition) is 4. The molecule has 2 fully saturated rings. The van der Waals surface area contributed by atoms with Crippen molar-refractivity contribution in [1.29, 1.82) is 0 Å². The summed E-state index contributed by atoms with van der Waals surface area (Å²) >= 11 is 0. The number of nitrogens with zero attached hydrogens (tertiary/aromatic N) is 3. The zero-order chi connectivity index (χ0) is 21.2. The molecule has 29 heavy (non-hydrogen) atoms. The van der Waals surface area contributed by atoms with Gasteiger partial charge in [-0.1, -0.05) is 12.1 Å². The number of ether oxygens (including phenoxy) is 1. The summed E-state index contributed by atoms with van der Waals surface area (Å²) in [4.78, 5) is 31.3. The predicted molar refractivity (Wildman–Crippen MR) is 115 cm³/mol. The summed E-state index contributed by atoms with van der Waals surface area (Å²) in [5.74, 6) is 0.260. The van der Waals surface area contributed by atoms with Crippen LogP contribution in [0, 0.1) is 19.8 Å². The minimum Gasteiger partial charge on any atom is -0.444 e. The fourth-order valence-electron chi connectivity index (χ4n) is 4.14. The van der Waals surface area contributed by atoms with Gasteiger partial charge in [-0.2, -0.15) is 0 Å². The molecule has 0 spiro atoms. The van der Waals surface area contributed by atoms with E-state index in [-0.39, 0.29) is 17.9 Å². The number of benzene rings is 1. The van der Waals surface area contributed by atoms with E-state index in [1.54, 1.807) is 4.90 Å². The van der Waals surface area contributed by atoms with E-state index >= 15 is 0 Å². The normalized spacial score (nSPS) is 18.7. The summed E-state index contributed by atoms with van der Waals surface area (Å²) in [6.45, 7) is 14.4. The molecule has 0 saturated carbocycles. The number of carbonyl (C=O) groups excluding carboxylic acids is 2. The number of aryl methyl sites for hydroxylation is 1. The Balaban J connectivity index is 1.49. The number of carbonyl (C=O) groups is 2. The molecule has 160 valence electrons. The van der Waals surface area contributed by atoms with E-state index in [0.29, 0.717) is 13.1 Å². The molecule has 0 radical (unpaired) electrons. The number of anilines is 1. The minimum atomic E-state index is -0.487. The molecule has 0 aromatic heterocycles. The van der Waals surface area contributed by atoms with Gasteiger partial charge in [0.25, 0.3) is 0 Å². The SMILES string of the molecule is Cc1cccc(N2CCN(C(=O)C3CCN(C(=O)OC(C)(C)C)CC3)CC2)c1C. The van der Waals surface area contributed by atoms with Crippen molar-refractivity contribution < 1.29 is 14.3 Å². The molecule has 2 aliphatic rings. The molecule has 2 aliphatic heterocycles. The number of rotatable bonds is 2. The molecule has 6 nitrogen and oxygen atoms in total. The second kappa shape index (κ2) is 8.64. The number of amides is 2. The topological polar surface area (TPSA) is 53.1 Å². The van der Waals surface area contributed by atoms with E-state index in [1.807, 2.05) is 25.7 Å². The maximum atomic E-state index is 13.0. The predicted octanol–water partition coefficient (Wildman–Crippen LogP) is 3.60. The lowest BCUT2D eigenvalue weighted by Crippen LogP contribution is -2.52. The Bertz CT molecular complexity index is 740. The van der Waals surface area contributed by atoms with Gasteiger partial charge in [0.15, 0.2) is 0 Å². The van der Waals surface area contributed by atoms with Crippen molar-refractivity contribution in [2.75, 3.05) is 44.2 Å². The maximum Gasteiger partial charge on any atom is 0.410 e. The summed E-state index contributed by atoms with van der Waals surface area (Å²) < 4.78 is 5.45. The first-order chi connectivity index (χ1) is 13.7. The lowest BCUT2D eigenvalue weighted by Gasteiger charge is -2.40. The molecule has 0 N–H and O–H groups in total. The number of piperidine rings is 1. The molecule has 3 rings (SSSR count). The van der Waals surface area contributed by atoms with Crippen molar-refractivity contribution in [3.63, 3.8) is 0 Å².